The molecule has 2 aliphatic carbocycles. The lowest BCUT2D eigenvalue weighted by molar-refractivity contribution is -0.119. The fraction of sp³-hybridized carbons (Fsp3) is 0.400. The summed E-state index contributed by atoms with van der Waals surface area (Å²) < 4.78 is 0. The molecule has 0 aromatic carbocycles. The first kappa shape index (κ1) is 7.30. The summed E-state index contributed by atoms with van der Waals surface area (Å²) in [4.78, 5) is 11.3. The maximum atomic E-state index is 11.3. The summed E-state index contributed by atoms with van der Waals surface area (Å²) in [5.74, 6) is 0.481. The predicted molar refractivity (Wildman–Crippen MR) is 44.1 cm³/mol. The van der Waals surface area contributed by atoms with Gasteiger partial charge in [-0.3, -0.25) is 4.79 Å². The van der Waals surface area contributed by atoms with Gasteiger partial charge in [-0.25, -0.2) is 0 Å². The van der Waals surface area contributed by atoms with Crippen molar-refractivity contribution in [2.24, 2.45) is 11.8 Å². The van der Waals surface area contributed by atoms with Gasteiger partial charge in [0.05, 0.1) is 6.07 Å². The molecule has 2 atom stereocenters. The van der Waals surface area contributed by atoms with E-state index in [1.54, 1.807) is 0 Å². The molecule has 0 aromatic rings. The minimum absolute atomic E-state index is 0.00431. The van der Waals surface area contributed by atoms with Gasteiger partial charge in [-0.15, -0.1) is 0 Å². The molecule has 0 spiro atoms. The maximum Gasteiger partial charge on any atom is 0.140 e. The third-order valence-electron chi connectivity index (χ3n) is 2.63. The number of rotatable bonds is 0. The largest absolute Gasteiger partial charge is 0.299 e. The lowest BCUT2D eigenvalue weighted by Crippen LogP contribution is -2.15. The molecule has 2 nitrogen and oxygen atoms in total. The van der Waals surface area contributed by atoms with Crippen LogP contribution in [0.1, 0.15) is 12.8 Å². The van der Waals surface area contributed by atoms with Crippen molar-refractivity contribution in [3.8, 4) is 6.07 Å². The Kier molecular flexibility index (Phi) is 1.58. The highest BCUT2D eigenvalue weighted by Crippen LogP contribution is 2.37. The summed E-state index contributed by atoms with van der Waals surface area (Å²) in [6, 6.07) is 2.15. The van der Waals surface area contributed by atoms with Gasteiger partial charge in [0.15, 0.2) is 0 Å². The summed E-state index contributed by atoms with van der Waals surface area (Å²) >= 11 is 0. The van der Waals surface area contributed by atoms with Crippen LogP contribution in [-0.4, -0.2) is 5.78 Å². The quantitative estimate of drug-likeness (QED) is 0.538. The SMILES string of the molecule is N#CC1=CC=CC2C(=O)CCC12. The Morgan fingerprint density at radius 1 is 1.58 bits per heavy atom. The third kappa shape index (κ3) is 0.902. The van der Waals surface area contributed by atoms with E-state index in [-0.39, 0.29) is 17.6 Å². The molecule has 0 heterocycles. The Morgan fingerprint density at radius 3 is 3.17 bits per heavy atom. The Balaban J connectivity index is 2.34. The van der Waals surface area contributed by atoms with E-state index in [0.29, 0.717) is 6.42 Å². The Morgan fingerprint density at radius 2 is 2.42 bits per heavy atom. The number of allylic oxidation sites excluding steroid dienone is 4. The Labute approximate surface area is 71.2 Å². The predicted octanol–water partition coefficient (Wildman–Crippen LogP) is 1.60. The molecule has 0 radical (unpaired) electrons. The highest BCUT2D eigenvalue weighted by Gasteiger charge is 2.36. The molecule has 2 aliphatic rings. The summed E-state index contributed by atoms with van der Waals surface area (Å²) in [7, 11) is 0. The minimum Gasteiger partial charge on any atom is -0.299 e. The Bertz CT molecular complexity index is 319. The molecule has 0 amide bonds. The van der Waals surface area contributed by atoms with Gasteiger partial charge in [-0.05, 0) is 12.5 Å². The zero-order chi connectivity index (χ0) is 8.55. The van der Waals surface area contributed by atoms with Gasteiger partial charge < -0.3 is 0 Å². The number of fused-ring (bicyclic) bond motifs is 1. The zero-order valence-electron chi connectivity index (χ0n) is 6.66. The summed E-state index contributed by atoms with van der Waals surface area (Å²) in [5.41, 5.74) is 0.772. The molecule has 0 N–H and O–H groups in total. The lowest BCUT2D eigenvalue weighted by atomic mass is 9.85. The topological polar surface area (TPSA) is 40.9 Å². The van der Waals surface area contributed by atoms with Crippen molar-refractivity contribution in [2.45, 2.75) is 12.8 Å². The van der Waals surface area contributed by atoms with E-state index in [1.165, 1.54) is 0 Å². The van der Waals surface area contributed by atoms with Crippen LogP contribution in [0.15, 0.2) is 23.8 Å². The van der Waals surface area contributed by atoms with E-state index in [0.717, 1.165) is 12.0 Å². The molecule has 2 rings (SSSR count). The molecule has 0 saturated heterocycles. The van der Waals surface area contributed by atoms with E-state index in [9.17, 15) is 4.79 Å². The lowest BCUT2D eigenvalue weighted by Gasteiger charge is -2.16. The number of nitrogens with zero attached hydrogens (tertiary/aromatic N) is 1. The second-order valence-electron chi connectivity index (χ2n) is 3.26. The standard InChI is InChI=1S/C10H9NO/c11-6-7-2-1-3-9-8(7)4-5-10(9)12/h1-3,8-9H,4-5H2. The van der Waals surface area contributed by atoms with E-state index < -0.39 is 0 Å². The molecule has 0 bridgehead atoms. The normalized spacial score (nSPS) is 32.6. The maximum absolute atomic E-state index is 11.3. The zero-order valence-corrected chi connectivity index (χ0v) is 6.66. The van der Waals surface area contributed by atoms with E-state index in [1.807, 2.05) is 18.2 Å². The van der Waals surface area contributed by atoms with Gasteiger partial charge >= 0.3 is 0 Å². The summed E-state index contributed by atoms with van der Waals surface area (Å²) in [6.45, 7) is 0. The van der Waals surface area contributed by atoms with Gasteiger partial charge in [0, 0.05) is 23.8 Å². The first-order valence-corrected chi connectivity index (χ1v) is 4.14. The van der Waals surface area contributed by atoms with Crippen molar-refractivity contribution in [3.63, 3.8) is 0 Å². The smallest absolute Gasteiger partial charge is 0.140 e. The van der Waals surface area contributed by atoms with Crippen LogP contribution in [0.3, 0.4) is 0 Å². The Hall–Kier alpha value is -1.36. The fourth-order valence-corrected chi connectivity index (χ4v) is 1.98. The van der Waals surface area contributed by atoms with Crippen LogP contribution in [0.4, 0.5) is 0 Å². The fourth-order valence-electron chi connectivity index (χ4n) is 1.98. The monoisotopic (exact) mass is 159 g/mol. The van der Waals surface area contributed by atoms with Crippen molar-refractivity contribution in [2.75, 3.05) is 0 Å². The summed E-state index contributed by atoms with van der Waals surface area (Å²) in [6.07, 6.45) is 7.05. The van der Waals surface area contributed by atoms with E-state index in [2.05, 4.69) is 6.07 Å². The van der Waals surface area contributed by atoms with Crippen LogP contribution in [0, 0.1) is 23.2 Å². The van der Waals surface area contributed by atoms with E-state index in [4.69, 9.17) is 5.26 Å². The molecule has 2 heteroatoms. The van der Waals surface area contributed by atoms with Crippen molar-refractivity contribution in [3.05, 3.63) is 23.8 Å². The van der Waals surface area contributed by atoms with Gasteiger partial charge in [-0.1, -0.05) is 12.2 Å². The number of carbonyl (C=O) groups excluding carboxylic acids is 1. The van der Waals surface area contributed by atoms with Crippen molar-refractivity contribution < 1.29 is 4.79 Å². The van der Waals surface area contributed by atoms with Gasteiger partial charge in [0.1, 0.15) is 5.78 Å². The number of hydrogen-bond donors (Lipinski definition) is 0. The first-order valence-electron chi connectivity index (χ1n) is 4.14. The second kappa shape index (κ2) is 2.60. The van der Waals surface area contributed by atoms with E-state index >= 15 is 0 Å². The molecule has 1 fully saturated rings. The number of nitriles is 1. The number of hydrogen-bond acceptors (Lipinski definition) is 2. The van der Waals surface area contributed by atoms with Crippen LogP contribution in [0.2, 0.25) is 0 Å². The molecule has 1 saturated carbocycles. The molecule has 2 unspecified atom stereocenters. The van der Waals surface area contributed by atoms with Crippen molar-refractivity contribution >= 4 is 5.78 Å². The summed E-state index contributed by atoms with van der Waals surface area (Å²) in [5, 5.41) is 8.76. The van der Waals surface area contributed by atoms with Crippen molar-refractivity contribution in [1.29, 1.82) is 5.26 Å². The average molecular weight is 159 g/mol. The van der Waals surface area contributed by atoms with Crippen LogP contribution >= 0.6 is 0 Å². The van der Waals surface area contributed by atoms with Crippen LogP contribution in [0.5, 0.6) is 0 Å². The molecule has 0 aliphatic heterocycles. The number of carbonyl (C=O) groups is 1. The minimum atomic E-state index is 0.00431. The highest BCUT2D eigenvalue weighted by atomic mass is 16.1. The van der Waals surface area contributed by atoms with Gasteiger partial charge in [-0.2, -0.15) is 5.26 Å². The molecule has 0 aromatic heterocycles. The number of ketones is 1. The molecular formula is C10H9NO. The average Bonchev–Trinajstić information content (AvgIpc) is 2.48. The van der Waals surface area contributed by atoms with Crippen LogP contribution in [0.25, 0.3) is 0 Å². The van der Waals surface area contributed by atoms with Crippen molar-refractivity contribution in [1.82, 2.24) is 0 Å². The molecule has 12 heavy (non-hydrogen) atoms. The van der Waals surface area contributed by atoms with Crippen LogP contribution in [-0.2, 0) is 4.79 Å². The van der Waals surface area contributed by atoms with Crippen LogP contribution < -0.4 is 0 Å². The van der Waals surface area contributed by atoms with Gasteiger partial charge in [0.25, 0.3) is 0 Å². The molecular weight excluding hydrogens is 150 g/mol. The highest BCUT2D eigenvalue weighted by molar-refractivity contribution is 5.86. The second-order valence-corrected chi connectivity index (χ2v) is 3.26. The third-order valence-corrected chi connectivity index (χ3v) is 2.63. The first-order chi connectivity index (χ1) is 5.83. The number of Topliss-reactive ketones (excluding diaryl/α,β-unsaturated/α-hetero) is 1. The van der Waals surface area contributed by atoms with Gasteiger partial charge in [0.2, 0.25) is 0 Å². The molecule has 60 valence electrons.